The fourth-order valence-corrected chi connectivity index (χ4v) is 4.29. The van der Waals surface area contributed by atoms with Gasteiger partial charge in [-0.1, -0.05) is 32.0 Å². The van der Waals surface area contributed by atoms with Gasteiger partial charge in [0.15, 0.2) is 0 Å². The number of amides is 2. The van der Waals surface area contributed by atoms with E-state index in [0.717, 1.165) is 16.5 Å². The second-order valence-corrected chi connectivity index (χ2v) is 9.53. The number of rotatable bonds is 8. The average molecular weight is 580 g/mol. The van der Waals surface area contributed by atoms with Crippen LogP contribution in [0.4, 0.5) is 4.79 Å². The number of ether oxygens (including phenoxy) is 1. The highest BCUT2D eigenvalue weighted by atomic mass is 79.9. The highest BCUT2D eigenvalue weighted by Gasteiger charge is 2.23. The number of hydrazone groups is 1. The number of halogens is 2. The zero-order valence-electron chi connectivity index (χ0n) is 18.1. The van der Waals surface area contributed by atoms with Crippen LogP contribution in [0.1, 0.15) is 25.0 Å². The van der Waals surface area contributed by atoms with Gasteiger partial charge in [-0.2, -0.15) is 5.10 Å². The number of phenols is 1. The molecule has 2 aromatic carbocycles. The second kappa shape index (κ2) is 11.3. The van der Waals surface area contributed by atoms with Crippen LogP contribution >= 0.6 is 31.9 Å². The number of aromatic amines is 1. The van der Waals surface area contributed by atoms with E-state index >= 15 is 0 Å². The summed E-state index contributed by atoms with van der Waals surface area (Å²) in [6, 6.07) is 10.1. The number of carbonyl (C=O) groups is 2. The van der Waals surface area contributed by atoms with Crippen molar-refractivity contribution in [2.75, 3.05) is 6.61 Å². The zero-order valence-corrected chi connectivity index (χ0v) is 21.2. The Morgan fingerprint density at radius 3 is 2.61 bits per heavy atom. The number of fused-ring (bicyclic) bond motifs is 1. The van der Waals surface area contributed by atoms with Crippen LogP contribution < -0.4 is 10.7 Å². The van der Waals surface area contributed by atoms with Crippen LogP contribution in [0.2, 0.25) is 0 Å². The van der Waals surface area contributed by atoms with Gasteiger partial charge in [-0.3, -0.25) is 4.79 Å². The van der Waals surface area contributed by atoms with E-state index in [9.17, 15) is 14.7 Å². The molecular weight excluding hydrogens is 556 g/mol. The van der Waals surface area contributed by atoms with Gasteiger partial charge in [-0.15, -0.1) is 0 Å². The predicted octanol–water partition coefficient (Wildman–Crippen LogP) is 4.84. The number of benzene rings is 2. The molecule has 0 spiro atoms. The summed E-state index contributed by atoms with van der Waals surface area (Å²) in [5.74, 6) is -0.251. The van der Waals surface area contributed by atoms with Gasteiger partial charge in [0.25, 0.3) is 5.91 Å². The molecule has 3 rings (SSSR count). The van der Waals surface area contributed by atoms with Crippen molar-refractivity contribution in [1.82, 2.24) is 15.7 Å². The quantitative estimate of drug-likeness (QED) is 0.226. The molecule has 0 aliphatic rings. The molecular formula is C23H24Br2N4O4. The van der Waals surface area contributed by atoms with E-state index in [1.165, 1.54) is 6.21 Å². The number of aromatic nitrogens is 1. The highest BCUT2D eigenvalue weighted by molar-refractivity contribution is 9.11. The molecule has 0 fully saturated rings. The molecule has 0 bridgehead atoms. The van der Waals surface area contributed by atoms with E-state index in [0.29, 0.717) is 14.5 Å². The molecule has 0 aliphatic carbocycles. The van der Waals surface area contributed by atoms with E-state index < -0.39 is 18.0 Å². The lowest BCUT2D eigenvalue weighted by atomic mass is 10.0. The summed E-state index contributed by atoms with van der Waals surface area (Å²) in [6.07, 6.45) is 2.84. The second-order valence-electron chi connectivity index (χ2n) is 7.82. The van der Waals surface area contributed by atoms with Gasteiger partial charge in [0.1, 0.15) is 11.8 Å². The Hall–Kier alpha value is -2.85. The van der Waals surface area contributed by atoms with Crippen molar-refractivity contribution in [3.8, 4) is 5.75 Å². The molecule has 0 radical (unpaired) electrons. The summed E-state index contributed by atoms with van der Waals surface area (Å²) in [5, 5.41) is 17.4. The minimum absolute atomic E-state index is 0.0686. The van der Waals surface area contributed by atoms with Crippen LogP contribution in [0, 0.1) is 5.92 Å². The minimum atomic E-state index is -0.903. The number of aromatic hydroxyl groups is 1. The van der Waals surface area contributed by atoms with Crippen LogP contribution in [0.25, 0.3) is 10.9 Å². The zero-order chi connectivity index (χ0) is 24.0. The van der Waals surface area contributed by atoms with Crippen LogP contribution in [0.3, 0.4) is 0 Å². The molecule has 4 N–H and O–H groups in total. The molecule has 1 aromatic heterocycles. The summed E-state index contributed by atoms with van der Waals surface area (Å²) < 4.78 is 6.16. The Morgan fingerprint density at radius 2 is 1.91 bits per heavy atom. The normalized spacial score (nSPS) is 12.3. The SMILES string of the molecule is CC(C)COC(=O)N[C@@H](Cc1c[nH]c2ccccc12)C(=O)N/N=C\c1cc(Br)c(O)c(Br)c1. The first kappa shape index (κ1) is 24.8. The van der Waals surface area contributed by atoms with E-state index in [1.54, 1.807) is 12.1 Å². The van der Waals surface area contributed by atoms with Crippen molar-refractivity contribution < 1.29 is 19.4 Å². The maximum atomic E-state index is 12.9. The molecule has 8 nitrogen and oxygen atoms in total. The van der Waals surface area contributed by atoms with Crippen molar-refractivity contribution >= 4 is 61.0 Å². The van der Waals surface area contributed by atoms with E-state index in [1.807, 2.05) is 44.3 Å². The van der Waals surface area contributed by atoms with Crippen molar-refractivity contribution in [2.45, 2.75) is 26.3 Å². The Kier molecular flexibility index (Phi) is 8.51. The number of nitrogens with one attached hydrogen (secondary N) is 3. The third-order valence-corrected chi connectivity index (χ3v) is 5.89. The number of para-hydroxylation sites is 1. The lowest BCUT2D eigenvalue weighted by molar-refractivity contribution is -0.123. The van der Waals surface area contributed by atoms with Gasteiger partial charge < -0.3 is 20.1 Å². The molecule has 0 unspecified atom stereocenters. The average Bonchev–Trinajstić information content (AvgIpc) is 3.18. The van der Waals surface area contributed by atoms with Crippen LogP contribution in [0.5, 0.6) is 5.75 Å². The fraction of sp³-hybridized carbons (Fsp3) is 0.261. The van der Waals surface area contributed by atoms with Gasteiger partial charge in [-0.05, 0) is 67.1 Å². The van der Waals surface area contributed by atoms with Gasteiger partial charge in [-0.25, -0.2) is 10.2 Å². The van der Waals surface area contributed by atoms with Crippen molar-refractivity contribution in [1.29, 1.82) is 0 Å². The lowest BCUT2D eigenvalue weighted by Gasteiger charge is -2.17. The number of hydrogen-bond acceptors (Lipinski definition) is 5. The van der Waals surface area contributed by atoms with Crippen molar-refractivity contribution in [2.24, 2.45) is 11.0 Å². The summed E-state index contributed by atoms with van der Waals surface area (Å²) in [7, 11) is 0. The lowest BCUT2D eigenvalue weighted by Crippen LogP contribution is -2.47. The van der Waals surface area contributed by atoms with Crippen LogP contribution in [-0.2, 0) is 16.0 Å². The van der Waals surface area contributed by atoms with Gasteiger partial charge in [0.05, 0.1) is 21.8 Å². The first-order chi connectivity index (χ1) is 15.7. The minimum Gasteiger partial charge on any atom is -0.506 e. The molecule has 0 aliphatic heterocycles. The number of alkyl carbamates (subject to hydrolysis) is 1. The Morgan fingerprint density at radius 1 is 1.21 bits per heavy atom. The van der Waals surface area contributed by atoms with E-state index in [-0.39, 0.29) is 24.7 Å². The number of phenolic OH excluding ortho intramolecular Hbond substituents is 1. The highest BCUT2D eigenvalue weighted by Crippen LogP contribution is 2.32. The monoisotopic (exact) mass is 578 g/mol. The summed E-state index contributed by atoms with van der Waals surface area (Å²) in [5.41, 5.74) is 4.94. The van der Waals surface area contributed by atoms with Gasteiger partial charge in [0.2, 0.25) is 0 Å². The van der Waals surface area contributed by atoms with E-state index in [2.05, 4.69) is 52.7 Å². The van der Waals surface area contributed by atoms with Crippen LogP contribution in [-0.4, -0.2) is 41.0 Å². The number of hydrogen-bond donors (Lipinski definition) is 4. The largest absolute Gasteiger partial charge is 0.506 e. The first-order valence-electron chi connectivity index (χ1n) is 10.2. The third kappa shape index (κ3) is 6.82. The number of carbonyl (C=O) groups excluding carboxylic acids is 2. The first-order valence-corrected chi connectivity index (χ1v) is 11.8. The third-order valence-electron chi connectivity index (χ3n) is 4.68. The number of H-pyrrole nitrogens is 1. The summed E-state index contributed by atoms with van der Waals surface area (Å²) in [6.45, 7) is 4.10. The molecule has 174 valence electrons. The molecule has 1 atom stereocenters. The Bertz CT molecular complexity index is 1150. The molecule has 0 saturated heterocycles. The Balaban J connectivity index is 1.74. The summed E-state index contributed by atoms with van der Waals surface area (Å²) >= 11 is 6.50. The molecule has 2 amide bonds. The smallest absolute Gasteiger partial charge is 0.407 e. The molecule has 0 saturated carbocycles. The Labute approximate surface area is 208 Å². The fourth-order valence-electron chi connectivity index (χ4n) is 3.06. The number of nitrogens with zero attached hydrogens (tertiary/aromatic N) is 1. The molecule has 1 heterocycles. The maximum absolute atomic E-state index is 12.9. The van der Waals surface area contributed by atoms with Crippen molar-refractivity contribution in [3.63, 3.8) is 0 Å². The van der Waals surface area contributed by atoms with E-state index in [4.69, 9.17) is 4.74 Å². The molecule has 10 heteroatoms. The maximum Gasteiger partial charge on any atom is 0.407 e. The van der Waals surface area contributed by atoms with Gasteiger partial charge in [0, 0.05) is 23.5 Å². The summed E-state index contributed by atoms with van der Waals surface area (Å²) in [4.78, 5) is 28.3. The van der Waals surface area contributed by atoms with Crippen molar-refractivity contribution in [3.05, 3.63) is 62.7 Å². The molecule has 3 aromatic rings. The van der Waals surface area contributed by atoms with Gasteiger partial charge >= 0.3 is 6.09 Å². The molecule has 33 heavy (non-hydrogen) atoms. The predicted molar refractivity (Wildman–Crippen MR) is 134 cm³/mol. The van der Waals surface area contributed by atoms with Crippen LogP contribution in [0.15, 0.2) is 56.6 Å². The standard InChI is InChI=1S/C23H24Br2N4O4/c1-13(2)12-33-23(32)28-20(9-15-11-26-19-6-4-3-5-16(15)19)22(31)29-27-10-14-7-17(24)21(30)18(25)8-14/h3-8,10-11,13,20,26,30H,9,12H2,1-2H3,(H,28,32)(H,29,31)/b27-10-/t20-/m0/s1. The topological polar surface area (TPSA) is 116 Å².